The first-order chi connectivity index (χ1) is 14.9. The highest BCUT2D eigenvalue weighted by Gasteiger charge is 2.39. The molecule has 0 unspecified atom stereocenters. The summed E-state index contributed by atoms with van der Waals surface area (Å²) in [5.74, 6) is 0.546. The number of aromatic nitrogens is 2. The van der Waals surface area contributed by atoms with Crippen LogP contribution in [-0.4, -0.2) is 58.6 Å². The number of hydrogen-bond donors (Lipinski definition) is 2. The lowest BCUT2D eigenvalue weighted by molar-refractivity contribution is -0.137. The number of nitrogens with zero attached hydrogens (tertiary/aromatic N) is 3. The largest absolute Gasteiger partial charge is 0.340 e. The smallest absolute Gasteiger partial charge is 0.245 e. The molecule has 0 bridgehead atoms. The summed E-state index contributed by atoms with van der Waals surface area (Å²) in [7, 11) is 3.82. The standard InChI is InChI=1S/C24H27N5O2/c1-15-11-12-29(24(31)22(28(2)3)16-7-5-4-6-8-16)21(15)23-26-18-10-9-17(20(30)14-25)13-19(18)27-23/h4-10,13,21-22H,1,11-12,14,25H2,2-3H3,(H,26,27)/t21-,22+/m0/s1. The Labute approximate surface area is 181 Å². The van der Waals surface area contributed by atoms with Crippen LogP contribution in [0.4, 0.5) is 0 Å². The van der Waals surface area contributed by atoms with E-state index >= 15 is 0 Å². The van der Waals surface area contributed by atoms with E-state index in [1.165, 1.54) is 0 Å². The monoisotopic (exact) mass is 417 g/mol. The number of likely N-dealkylation sites (N-methyl/N-ethyl adjacent to an activating group) is 1. The molecule has 1 fully saturated rings. The maximum atomic E-state index is 13.7. The van der Waals surface area contributed by atoms with Gasteiger partial charge in [0, 0.05) is 12.1 Å². The van der Waals surface area contributed by atoms with Gasteiger partial charge in [0.1, 0.15) is 17.9 Å². The van der Waals surface area contributed by atoms with Gasteiger partial charge in [-0.05, 0) is 49.9 Å². The third-order valence-corrected chi connectivity index (χ3v) is 5.79. The number of ketones is 1. The predicted molar refractivity (Wildman–Crippen MR) is 121 cm³/mol. The number of nitrogens with one attached hydrogen (secondary N) is 1. The summed E-state index contributed by atoms with van der Waals surface area (Å²) in [4.78, 5) is 37.4. The molecule has 1 saturated heterocycles. The molecule has 3 aromatic rings. The minimum atomic E-state index is -0.396. The van der Waals surface area contributed by atoms with Crippen LogP contribution in [0.1, 0.15) is 40.3 Å². The Kier molecular flexibility index (Phi) is 5.71. The van der Waals surface area contributed by atoms with E-state index in [1.54, 1.807) is 18.2 Å². The number of H-pyrrole nitrogens is 1. The molecule has 2 heterocycles. The number of carbonyl (C=O) groups is 2. The molecule has 4 rings (SSSR count). The average molecular weight is 418 g/mol. The summed E-state index contributed by atoms with van der Waals surface area (Å²) in [6.07, 6.45) is 0.722. The second kappa shape index (κ2) is 8.45. The number of rotatable bonds is 6. The quantitative estimate of drug-likeness (QED) is 0.475. The minimum absolute atomic E-state index is 0.0132. The van der Waals surface area contributed by atoms with Gasteiger partial charge in [0.25, 0.3) is 0 Å². The van der Waals surface area contributed by atoms with Crippen LogP contribution in [0.15, 0.2) is 60.7 Å². The lowest BCUT2D eigenvalue weighted by atomic mass is 10.0. The van der Waals surface area contributed by atoms with E-state index in [9.17, 15) is 9.59 Å². The molecule has 7 nitrogen and oxygen atoms in total. The normalized spacial score (nSPS) is 17.5. The van der Waals surface area contributed by atoms with Crippen molar-refractivity contribution in [2.45, 2.75) is 18.5 Å². The SMILES string of the molecule is C=C1CCN(C(=O)[C@@H](c2ccccc2)N(C)C)[C@@H]1c1nc2ccc(C(=O)CN)cc2[nH]1. The fourth-order valence-electron chi connectivity index (χ4n) is 4.23. The molecular formula is C24H27N5O2. The average Bonchev–Trinajstić information content (AvgIpc) is 3.36. The zero-order valence-corrected chi connectivity index (χ0v) is 17.8. The number of likely N-dealkylation sites (tertiary alicyclic amines) is 1. The number of fused-ring (bicyclic) bond motifs is 1. The van der Waals surface area contributed by atoms with Gasteiger partial charge in [0.15, 0.2) is 5.78 Å². The number of imidazole rings is 1. The van der Waals surface area contributed by atoms with Gasteiger partial charge < -0.3 is 15.6 Å². The Morgan fingerprint density at radius 3 is 2.68 bits per heavy atom. The topological polar surface area (TPSA) is 95.3 Å². The van der Waals surface area contributed by atoms with Crippen molar-refractivity contribution in [2.75, 3.05) is 27.2 Å². The molecule has 0 radical (unpaired) electrons. The number of amides is 1. The number of benzene rings is 2. The van der Waals surface area contributed by atoms with E-state index in [-0.39, 0.29) is 24.3 Å². The maximum Gasteiger partial charge on any atom is 0.245 e. The highest BCUT2D eigenvalue weighted by Crippen LogP contribution is 2.37. The van der Waals surface area contributed by atoms with Crippen LogP contribution < -0.4 is 5.73 Å². The van der Waals surface area contributed by atoms with Crippen LogP contribution in [0, 0.1) is 0 Å². The van der Waals surface area contributed by atoms with Crippen molar-refractivity contribution < 1.29 is 9.59 Å². The van der Waals surface area contributed by atoms with E-state index in [0.717, 1.165) is 28.6 Å². The molecule has 1 amide bonds. The summed E-state index contributed by atoms with van der Waals surface area (Å²) in [6.45, 7) is 4.76. The number of Topliss-reactive ketones (excluding diaryl/α,β-unsaturated/α-hetero) is 1. The van der Waals surface area contributed by atoms with Crippen LogP contribution in [-0.2, 0) is 4.79 Å². The van der Waals surface area contributed by atoms with Gasteiger partial charge in [0.2, 0.25) is 5.91 Å². The zero-order valence-electron chi connectivity index (χ0n) is 17.8. The summed E-state index contributed by atoms with van der Waals surface area (Å²) < 4.78 is 0. The second-order valence-corrected chi connectivity index (χ2v) is 8.10. The molecule has 0 spiro atoms. The Bertz CT molecular complexity index is 1140. The van der Waals surface area contributed by atoms with E-state index < -0.39 is 6.04 Å². The molecule has 160 valence electrons. The Hall–Kier alpha value is -3.29. The molecule has 31 heavy (non-hydrogen) atoms. The van der Waals surface area contributed by atoms with E-state index in [0.29, 0.717) is 17.9 Å². The molecule has 0 saturated carbocycles. The molecule has 3 N–H and O–H groups in total. The molecular weight excluding hydrogens is 390 g/mol. The van der Waals surface area contributed by atoms with Crippen molar-refractivity contribution in [1.29, 1.82) is 0 Å². The fraction of sp³-hybridized carbons (Fsp3) is 0.292. The number of nitrogens with two attached hydrogens (primary N) is 1. The van der Waals surface area contributed by atoms with Gasteiger partial charge in [-0.1, -0.05) is 36.9 Å². The summed E-state index contributed by atoms with van der Waals surface area (Å²) >= 11 is 0. The van der Waals surface area contributed by atoms with Gasteiger partial charge in [-0.25, -0.2) is 4.98 Å². The molecule has 1 aliphatic heterocycles. The van der Waals surface area contributed by atoms with Crippen LogP contribution in [0.25, 0.3) is 11.0 Å². The highest BCUT2D eigenvalue weighted by molar-refractivity contribution is 6.00. The lowest BCUT2D eigenvalue weighted by Gasteiger charge is -2.31. The second-order valence-electron chi connectivity index (χ2n) is 8.10. The molecule has 2 atom stereocenters. The highest BCUT2D eigenvalue weighted by atomic mass is 16.2. The number of carbonyl (C=O) groups excluding carboxylic acids is 2. The summed E-state index contributed by atoms with van der Waals surface area (Å²) in [6, 6.07) is 14.3. The van der Waals surface area contributed by atoms with Gasteiger partial charge in [-0.15, -0.1) is 0 Å². The predicted octanol–water partition coefficient (Wildman–Crippen LogP) is 2.84. The van der Waals surface area contributed by atoms with Crippen LogP contribution >= 0.6 is 0 Å². The Morgan fingerprint density at radius 2 is 2.00 bits per heavy atom. The van der Waals surface area contributed by atoms with Gasteiger partial charge in [0.05, 0.1) is 17.6 Å². The number of aromatic amines is 1. The minimum Gasteiger partial charge on any atom is -0.340 e. The van der Waals surface area contributed by atoms with E-state index in [1.807, 2.05) is 54.2 Å². The first kappa shape index (κ1) is 21.0. The van der Waals surface area contributed by atoms with Gasteiger partial charge >= 0.3 is 0 Å². The summed E-state index contributed by atoms with van der Waals surface area (Å²) in [5, 5.41) is 0. The first-order valence-electron chi connectivity index (χ1n) is 10.3. The lowest BCUT2D eigenvalue weighted by Crippen LogP contribution is -2.40. The van der Waals surface area contributed by atoms with Crippen molar-refractivity contribution in [3.8, 4) is 0 Å². The molecule has 1 aromatic heterocycles. The molecule has 1 aliphatic rings. The van der Waals surface area contributed by atoms with Gasteiger partial charge in [-0.2, -0.15) is 0 Å². The van der Waals surface area contributed by atoms with Crippen molar-refractivity contribution in [3.05, 3.63) is 77.6 Å². The summed E-state index contributed by atoms with van der Waals surface area (Å²) in [5.41, 5.74) is 9.40. The first-order valence-corrected chi connectivity index (χ1v) is 10.3. The van der Waals surface area contributed by atoms with Crippen molar-refractivity contribution >= 4 is 22.7 Å². The molecule has 0 aliphatic carbocycles. The third kappa shape index (κ3) is 3.89. The zero-order chi connectivity index (χ0) is 22.1. The Balaban J connectivity index is 1.69. The van der Waals surface area contributed by atoms with E-state index in [4.69, 9.17) is 10.7 Å². The van der Waals surface area contributed by atoms with Crippen LogP contribution in [0.2, 0.25) is 0 Å². The third-order valence-electron chi connectivity index (χ3n) is 5.79. The molecule has 2 aromatic carbocycles. The van der Waals surface area contributed by atoms with Crippen LogP contribution in [0.3, 0.4) is 0 Å². The van der Waals surface area contributed by atoms with Crippen molar-refractivity contribution in [3.63, 3.8) is 0 Å². The van der Waals surface area contributed by atoms with Crippen molar-refractivity contribution in [2.24, 2.45) is 5.73 Å². The van der Waals surface area contributed by atoms with Crippen LogP contribution in [0.5, 0.6) is 0 Å². The van der Waals surface area contributed by atoms with Gasteiger partial charge in [-0.3, -0.25) is 14.5 Å². The maximum absolute atomic E-state index is 13.7. The Morgan fingerprint density at radius 1 is 1.26 bits per heavy atom. The fourth-order valence-corrected chi connectivity index (χ4v) is 4.23. The number of hydrogen-bond acceptors (Lipinski definition) is 5. The molecule has 7 heteroatoms. The van der Waals surface area contributed by atoms with Crippen molar-refractivity contribution in [1.82, 2.24) is 19.8 Å². The van der Waals surface area contributed by atoms with E-state index in [2.05, 4.69) is 11.6 Å².